The topological polar surface area (TPSA) is 359 Å². The molecular formula is C42H73N19O11P2. The maximum atomic E-state index is 13.0. The molecule has 0 saturated heterocycles. The summed E-state index contributed by atoms with van der Waals surface area (Å²) in [5, 5.41) is 45.0. The molecule has 0 aliphatic carbocycles. The van der Waals surface area contributed by atoms with Crippen LogP contribution in [0.25, 0.3) is 0 Å². The monoisotopic (exact) mass is 1080 g/mol. The summed E-state index contributed by atoms with van der Waals surface area (Å²) in [4.78, 5) is 103. The minimum atomic E-state index is -0.273. The molecule has 0 saturated carbocycles. The zero-order valence-electron chi connectivity index (χ0n) is 42.0. The summed E-state index contributed by atoms with van der Waals surface area (Å²) < 4.78 is 20.9. The van der Waals surface area contributed by atoms with Gasteiger partial charge in [0.1, 0.15) is 17.1 Å². The van der Waals surface area contributed by atoms with E-state index in [-0.39, 0.29) is 204 Å². The molecule has 0 radical (unpaired) electrons. The van der Waals surface area contributed by atoms with Crippen molar-refractivity contribution in [1.29, 1.82) is 0 Å². The maximum absolute atomic E-state index is 13.0. The first-order valence-electron chi connectivity index (χ1n) is 24.2. The molecule has 3 aromatic heterocycles. The average Bonchev–Trinajstić information content (AvgIpc) is 4.13. The van der Waals surface area contributed by atoms with Crippen LogP contribution in [0.4, 0.5) is 0 Å². The van der Waals surface area contributed by atoms with Crippen molar-refractivity contribution in [2.75, 3.05) is 111 Å². The molecule has 0 aliphatic heterocycles. The number of nitrogens with one attached hydrogen (secondary N) is 8. The van der Waals surface area contributed by atoms with Gasteiger partial charge in [-0.1, -0.05) is 15.6 Å². The minimum absolute atomic E-state index is 0.0736. The zero-order valence-corrected chi connectivity index (χ0v) is 44.3. The summed E-state index contributed by atoms with van der Waals surface area (Å²) in [5.74, 6) is -1.79. The molecule has 8 amide bonds. The molecule has 30 nitrogen and oxygen atoms in total. The Balaban J connectivity index is 1.47. The van der Waals surface area contributed by atoms with Gasteiger partial charge in [-0.2, -0.15) is 0 Å². The third kappa shape index (κ3) is 31.4. The molecule has 0 aromatic carbocycles. The molecule has 0 spiro atoms. The van der Waals surface area contributed by atoms with Crippen LogP contribution in [0, 0.1) is 0 Å². The van der Waals surface area contributed by atoms with Gasteiger partial charge in [0.15, 0.2) is 0 Å². The first-order chi connectivity index (χ1) is 35.8. The van der Waals surface area contributed by atoms with Crippen LogP contribution in [0.1, 0.15) is 62.0 Å². The highest BCUT2D eigenvalue weighted by Crippen LogP contribution is 2.03. The Bertz CT molecular complexity index is 2060. The average molecular weight is 1080 g/mol. The van der Waals surface area contributed by atoms with Gasteiger partial charge in [0.05, 0.1) is 58.2 Å². The van der Waals surface area contributed by atoms with Crippen LogP contribution in [-0.2, 0) is 79.4 Å². The van der Waals surface area contributed by atoms with E-state index in [2.05, 4.69) is 92.3 Å². The van der Waals surface area contributed by atoms with E-state index >= 15 is 0 Å². The molecular weight excluding hydrogens is 1010 g/mol. The van der Waals surface area contributed by atoms with Gasteiger partial charge < -0.3 is 66.5 Å². The minimum Gasteiger partial charge on any atom is -0.374 e. The van der Waals surface area contributed by atoms with E-state index in [1.807, 2.05) is 9.80 Å². The lowest BCUT2D eigenvalue weighted by atomic mass is 10.2. The van der Waals surface area contributed by atoms with Gasteiger partial charge in [-0.05, 0) is 18.8 Å². The van der Waals surface area contributed by atoms with Crippen molar-refractivity contribution in [3.05, 3.63) is 35.7 Å². The summed E-state index contributed by atoms with van der Waals surface area (Å²) in [5.41, 5.74) is 1.90. The second-order valence-corrected chi connectivity index (χ2v) is 17.4. The highest BCUT2D eigenvalue weighted by atomic mass is 31.0. The van der Waals surface area contributed by atoms with Crippen LogP contribution in [0.5, 0.6) is 0 Å². The highest BCUT2D eigenvalue weighted by Gasteiger charge is 2.16. The van der Waals surface area contributed by atoms with Crippen molar-refractivity contribution in [3.8, 4) is 0 Å². The standard InChI is InChI=1S/C42H73N19O11P2/c1-57-26-33(51-54-57)29-70-23-6-40(67)48-14-11-45-38(65)4-19-59(20-5-39(66)47-13-16-50-42(69)8-25-72-31-35-28-61(74)56-53-35)22-21-58(17-2-36(63)44-10-9-43-32-62)18-3-37(64)46-12-15-49-41(68)7-24-71-30-34-27-60(73)55-52-34/h26-28,32H,2-25,29-31,73-74H2,1H3,(H,43,62)(H,44,63)(H,45,65)(H,46,64)(H,47,66)(H,48,67)(H,49,68)(H,50,69). The Kier molecular flexibility index (Phi) is 32.3. The number of hydrogen-bond acceptors (Lipinski definition) is 19. The fraction of sp³-hybridized carbons (Fsp3) is 0.667. The molecule has 2 atom stereocenters. The molecule has 32 heteroatoms. The number of aromatic nitrogens is 9. The van der Waals surface area contributed by atoms with Crippen molar-refractivity contribution >= 4 is 66.5 Å². The van der Waals surface area contributed by atoms with Crippen LogP contribution < -0.4 is 42.5 Å². The smallest absolute Gasteiger partial charge is 0.222 e. The van der Waals surface area contributed by atoms with E-state index in [9.17, 15) is 38.4 Å². The predicted molar refractivity (Wildman–Crippen MR) is 271 cm³/mol. The first kappa shape index (κ1) is 62.1. The van der Waals surface area contributed by atoms with Crippen LogP contribution >= 0.6 is 18.8 Å². The lowest BCUT2D eigenvalue weighted by Crippen LogP contribution is -2.42. The molecule has 3 heterocycles. The third-order valence-electron chi connectivity index (χ3n) is 10.3. The molecule has 412 valence electrons. The number of ether oxygens (including phenoxy) is 3. The highest BCUT2D eigenvalue weighted by molar-refractivity contribution is 7.14. The number of rotatable bonds is 43. The third-order valence-corrected chi connectivity index (χ3v) is 10.8. The SMILES string of the molecule is Cn1cc(COCCC(=O)NCCNC(=O)CCN(CCC(=O)NCCNC(=O)CCOCc2cn(P)nn2)CCN(CCC(=O)NCCNC=O)CCC(=O)NCCNC(=O)CCOCc2cn(P)nn2)nn1. The molecule has 0 aliphatic rings. The van der Waals surface area contributed by atoms with Crippen molar-refractivity contribution in [2.24, 2.45) is 7.05 Å². The zero-order chi connectivity index (χ0) is 53.6. The Morgan fingerprint density at radius 3 is 1.04 bits per heavy atom. The van der Waals surface area contributed by atoms with Gasteiger partial charge >= 0.3 is 0 Å². The van der Waals surface area contributed by atoms with E-state index < -0.39 is 0 Å². The Morgan fingerprint density at radius 2 is 0.757 bits per heavy atom. The largest absolute Gasteiger partial charge is 0.374 e. The van der Waals surface area contributed by atoms with Crippen molar-refractivity contribution < 1.29 is 52.6 Å². The molecule has 3 rings (SSSR count). The number of carbonyl (C=O) groups excluding carboxylic acids is 8. The van der Waals surface area contributed by atoms with Crippen molar-refractivity contribution in [3.63, 3.8) is 0 Å². The Hall–Kier alpha value is -6.16. The van der Waals surface area contributed by atoms with Gasteiger partial charge in [0.25, 0.3) is 0 Å². The number of hydrogen-bond donors (Lipinski definition) is 8. The molecule has 3 aromatic rings. The normalized spacial score (nSPS) is 11.0. The Morgan fingerprint density at radius 1 is 0.459 bits per heavy atom. The fourth-order valence-electron chi connectivity index (χ4n) is 6.40. The predicted octanol–water partition coefficient (Wildman–Crippen LogP) is -4.88. The fourth-order valence-corrected chi connectivity index (χ4v) is 6.85. The quantitative estimate of drug-likeness (QED) is 0.0150. The number of amides is 8. The van der Waals surface area contributed by atoms with Gasteiger partial charge in [-0.3, -0.25) is 43.0 Å². The van der Waals surface area contributed by atoms with E-state index in [1.54, 1.807) is 30.3 Å². The van der Waals surface area contributed by atoms with E-state index in [1.165, 1.54) is 8.90 Å². The number of carbonyl (C=O) groups is 8. The van der Waals surface area contributed by atoms with E-state index in [0.717, 1.165) is 0 Å². The molecule has 74 heavy (non-hydrogen) atoms. The van der Waals surface area contributed by atoms with Gasteiger partial charge in [-0.25, -0.2) is 8.90 Å². The summed E-state index contributed by atoms with van der Waals surface area (Å²) >= 11 is 0. The van der Waals surface area contributed by atoms with Crippen LogP contribution in [-0.4, -0.2) is 214 Å². The van der Waals surface area contributed by atoms with Gasteiger partial charge in [0.2, 0.25) is 47.8 Å². The lowest BCUT2D eigenvalue weighted by molar-refractivity contribution is -0.124. The molecule has 2 unspecified atom stereocenters. The summed E-state index contributed by atoms with van der Waals surface area (Å²) in [6, 6.07) is 0. The first-order valence-corrected chi connectivity index (χ1v) is 25.2. The Labute approximate surface area is 433 Å². The molecule has 8 N–H and O–H groups in total. The molecule has 0 bridgehead atoms. The summed E-state index contributed by atoms with van der Waals surface area (Å²) in [6.45, 7) is 4.70. The van der Waals surface area contributed by atoms with E-state index in [0.29, 0.717) is 36.6 Å². The van der Waals surface area contributed by atoms with Gasteiger partial charge in [0, 0.05) is 144 Å². The lowest BCUT2D eigenvalue weighted by Gasteiger charge is -2.27. The second kappa shape index (κ2) is 38.4. The summed E-state index contributed by atoms with van der Waals surface area (Å²) in [6.07, 6.45) is 6.32. The number of aryl methyl sites for hydroxylation is 1. The van der Waals surface area contributed by atoms with Gasteiger partial charge in [-0.15, -0.1) is 15.3 Å². The molecule has 0 fully saturated rings. The second-order valence-electron chi connectivity index (χ2n) is 16.4. The van der Waals surface area contributed by atoms with Crippen LogP contribution in [0.3, 0.4) is 0 Å². The summed E-state index contributed by atoms with van der Waals surface area (Å²) in [7, 11) is 6.47. The van der Waals surface area contributed by atoms with Crippen molar-refractivity contribution in [2.45, 2.75) is 64.8 Å². The van der Waals surface area contributed by atoms with Crippen LogP contribution in [0.2, 0.25) is 0 Å². The van der Waals surface area contributed by atoms with Crippen LogP contribution in [0.15, 0.2) is 18.6 Å². The van der Waals surface area contributed by atoms with Crippen molar-refractivity contribution in [1.82, 2.24) is 96.9 Å². The maximum Gasteiger partial charge on any atom is 0.222 e. The van der Waals surface area contributed by atoms with E-state index in [4.69, 9.17) is 14.2 Å². The number of nitrogens with zero attached hydrogens (tertiary/aromatic N) is 11.